The van der Waals surface area contributed by atoms with Crippen LogP contribution >= 0.6 is 0 Å². The van der Waals surface area contributed by atoms with Crippen LogP contribution < -0.4 is 4.90 Å². The molecule has 260 valence electrons. The Morgan fingerprint density at radius 3 is 1.48 bits per heavy atom. The summed E-state index contributed by atoms with van der Waals surface area (Å²) < 4.78 is 0. The molecule has 0 radical (unpaired) electrons. The molecule has 1 heteroatoms. The highest BCUT2D eigenvalue weighted by Crippen LogP contribution is 2.51. The van der Waals surface area contributed by atoms with Crippen LogP contribution in [0.15, 0.2) is 140 Å². The summed E-state index contributed by atoms with van der Waals surface area (Å²) in [5.74, 6) is 1.42. The van der Waals surface area contributed by atoms with Crippen molar-refractivity contribution in [2.24, 2.45) is 0 Å². The van der Waals surface area contributed by atoms with E-state index in [1.165, 1.54) is 126 Å². The van der Waals surface area contributed by atoms with Gasteiger partial charge in [0.15, 0.2) is 0 Å². The first-order valence-electron chi connectivity index (χ1n) is 20.0. The lowest BCUT2D eigenvalue weighted by molar-refractivity contribution is 0.435. The summed E-state index contributed by atoms with van der Waals surface area (Å²) in [6.45, 7) is 4.75. The van der Waals surface area contributed by atoms with E-state index in [0.717, 1.165) is 0 Å². The molecule has 0 aromatic heterocycles. The van der Waals surface area contributed by atoms with Crippen molar-refractivity contribution in [3.05, 3.63) is 162 Å². The molecule has 0 N–H and O–H groups in total. The largest absolute Gasteiger partial charge is 0.310 e. The van der Waals surface area contributed by atoms with Crippen molar-refractivity contribution in [3.63, 3.8) is 0 Å². The van der Waals surface area contributed by atoms with Crippen molar-refractivity contribution in [1.29, 1.82) is 0 Å². The molecule has 2 saturated carbocycles. The molecule has 0 bridgehead atoms. The van der Waals surface area contributed by atoms with Gasteiger partial charge in [-0.3, -0.25) is 0 Å². The monoisotopic (exact) mass is 677 g/mol. The third kappa shape index (κ3) is 6.19. The predicted octanol–water partition coefficient (Wildman–Crippen LogP) is 14.9. The molecule has 0 atom stereocenters. The molecule has 52 heavy (non-hydrogen) atoms. The zero-order valence-electron chi connectivity index (χ0n) is 31.0. The van der Waals surface area contributed by atoms with Crippen LogP contribution in [0.2, 0.25) is 0 Å². The van der Waals surface area contributed by atoms with Gasteiger partial charge in [-0.1, -0.05) is 156 Å². The summed E-state index contributed by atoms with van der Waals surface area (Å²) in [5.41, 5.74) is 17.4. The SMILES string of the molecule is CC1(C)c2ccccc2-c2ccc(N(c3ccc(-c4ccccc4)cc3)c3ccc(-c4cc(C5CCCCC5)cc(C5CCCCC5)c4)cc3)cc21. The maximum atomic E-state index is 2.61. The van der Waals surface area contributed by atoms with Crippen LogP contribution in [0.25, 0.3) is 33.4 Å². The first kappa shape index (κ1) is 33.0. The van der Waals surface area contributed by atoms with E-state index in [4.69, 9.17) is 0 Å². The molecule has 0 heterocycles. The molecule has 3 aliphatic rings. The zero-order valence-corrected chi connectivity index (χ0v) is 31.0. The number of hydrogen-bond acceptors (Lipinski definition) is 1. The molecular formula is C51H51N. The van der Waals surface area contributed by atoms with E-state index in [9.17, 15) is 0 Å². The first-order chi connectivity index (χ1) is 25.5. The van der Waals surface area contributed by atoms with Crippen LogP contribution in [-0.4, -0.2) is 0 Å². The van der Waals surface area contributed by atoms with Gasteiger partial charge >= 0.3 is 0 Å². The normalized spacial score (nSPS) is 17.0. The average molecular weight is 678 g/mol. The van der Waals surface area contributed by atoms with E-state index >= 15 is 0 Å². The molecular weight excluding hydrogens is 627 g/mol. The van der Waals surface area contributed by atoms with Crippen LogP contribution in [0, 0.1) is 0 Å². The Kier molecular flexibility index (Phi) is 8.83. The number of fused-ring (bicyclic) bond motifs is 3. The van der Waals surface area contributed by atoms with E-state index in [2.05, 4.69) is 158 Å². The van der Waals surface area contributed by atoms with Gasteiger partial charge in [0, 0.05) is 22.5 Å². The van der Waals surface area contributed by atoms with Crippen LogP contribution in [0.5, 0.6) is 0 Å². The van der Waals surface area contributed by atoms with Gasteiger partial charge in [0.1, 0.15) is 0 Å². The fourth-order valence-corrected chi connectivity index (χ4v) is 9.70. The van der Waals surface area contributed by atoms with Gasteiger partial charge in [0.2, 0.25) is 0 Å². The van der Waals surface area contributed by atoms with Crippen LogP contribution in [-0.2, 0) is 5.41 Å². The molecule has 0 saturated heterocycles. The topological polar surface area (TPSA) is 3.24 Å². The summed E-state index contributed by atoms with van der Waals surface area (Å²) >= 11 is 0. The van der Waals surface area contributed by atoms with Crippen molar-refractivity contribution < 1.29 is 0 Å². The van der Waals surface area contributed by atoms with Gasteiger partial charge in [0.05, 0.1) is 0 Å². The minimum atomic E-state index is -0.0615. The Morgan fingerprint density at radius 1 is 0.404 bits per heavy atom. The highest BCUT2D eigenvalue weighted by atomic mass is 15.1. The van der Waals surface area contributed by atoms with E-state index in [-0.39, 0.29) is 5.41 Å². The molecule has 6 aromatic rings. The van der Waals surface area contributed by atoms with Crippen molar-refractivity contribution in [3.8, 4) is 33.4 Å². The van der Waals surface area contributed by atoms with Crippen LogP contribution in [0.1, 0.15) is 112 Å². The summed E-state index contributed by atoms with van der Waals surface area (Å²) in [6.07, 6.45) is 13.6. The first-order valence-corrected chi connectivity index (χ1v) is 20.0. The highest BCUT2D eigenvalue weighted by Gasteiger charge is 2.35. The van der Waals surface area contributed by atoms with Crippen LogP contribution in [0.4, 0.5) is 17.1 Å². The minimum Gasteiger partial charge on any atom is -0.310 e. The second kappa shape index (κ2) is 13.9. The third-order valence-corrected chi connectivity index (χ3v) is 12.6. The van der Waals surface area contributed by atoms with Gasteiger partial charge in [-0.25, -0.2) is 0 Å². The fourth-order valence-electron chi connectivity index (χ4n) is 9.70. The van der Waals surface area contributed by atoms with Gasteiger partial charge < -0.3 is 4.90 Å². The number of anilines is 3. The lowest BCUT2D eigenvalue weighted by atomic mass is 9.78. The number of hydrogen-bond donors (Lipinski definition) is 0. The molecule has 0 aliphatic heterocycles. The van der Waals surface area contributed by atoms with E-state index < -0.39 is 0 Å². The van der Waals surface area contributed by atoms with Gasteiger partial charge in [-0.05, 0) is 130 Å². The van der Waals surface area contributed by atoms with E-state index in [1.807, 2.05) is 0 Å². The predicted molar refractivity (Wildman–Crippen MR) is 221 cm³/mol. The molecule has 1 nitrogen and oxygen atoms in total. The Morgan fingerprint density at radius 2 is 0.885 bits per heavy atom. The molecule has 9 rings (SSSR count). The molecule has 0 unspecified atom stereocenters. The second-order valence-electron chi connectivity index (χ2n) is 16.3. The third-order valence-electron chi connectivity index (χ3n) is 12.6. The summed E-state index contributed by atoms with van der Waals surface area (Å²) in [5, 5.41) is 0. The number of nitrogens with zero attached hydrogens (tertiary/aromatic N) is 1. The molecule has 6 aromatic carbocycles. The molecule has 2 fully saturated rings. The standard InChI is InChI=1S/C51H51N/c1-51(2)49-21-13-12-20-47(49)48-31-30-46(35-50(48)51)52(44-26-22-39(23-27-44)36-14-6-3-7-15-36)45-28-24-40(25-29-45)43-33-41(37-16-8-4-9-17-37)32-42(34-43)38-18-10-5-11-19-38/h3,6-7,12-15,20-35,37-38H,4-5,8-11,16-19H2,1-2H3. The molecule has 0 spiro atoms. The minimum absolute atomic E-state index is 0.0615. The van der Waals surface area contributed by atoms with Crippen molar-refractivity contribution in [2.45, 2.75) is 95.3 Å². The van der Waals surface area contributed by atoms with E-state index in [0.29, 0.717) is 11.8 Å². The Labute approximate surface area is 311 Å². The lowest BCUT2D eigenvalue weighted by Gasteiger charge is -2.29. The lowest BCUT2D eigenvalue weighted by Crippen LogP contribution is -2.16. The summed E-state index contributed by atoms with van der Waals surface area (Å²) in [6, 6.07) is 53.0. The van der Waals surface area contributed by atoms with Gasteiger partial charge in [0.25, 0.3) is 0 Å². The number of rotatable bonds is 7. The quantitative estimate of drug-likeness (QED) is 0.163. The highest BCUT2D eigenvalue weighted by molar-refractivity contribution is 5.86. The van der Waals surface area contributed by atoms with E-state index in [1.54, 1.807) is 11.1 Å². The Bertz CT molecular complexity index is 2120. The maximum absolute atomic E-state index is 2.61. The molecule has 3 aliphatic carbocycles. The Hall–Kier alpha value is -4.88. The Balaban J connectivity index is 1.11. The van der Waals surface area contributed by atoms with Crippen molar-refractivity contribution in [2.75, 3.05) is 4.90 Å². The molecule has 0 amide bonds. The average Bonchev–Trinajstić information content (AvgIpc) is 3.45. The smallest absolute Gasteiger partial charge is 0.0465 e. The zero-order chi connectivity index (χ0) is 35.1. The fraction of sp³-hybridized carbons (Fsp3) is 0.294. The van der Waals surface area contributed by atoms with Crippen molar-refractivity contribution in [1.82, 2.24) is 0 Å². The van der Waals surface area contributed by atoms with Gasteiger partial charge in [-0.15, -0.1) is 0 Å². The maximum Gasteiger partial charge on any atom is 0.0465 e. The van der Waals surface area contributed by atoms with Crippen molar-refractivity contribution >= 4 is 17.1 Å². The number of benzene rings is 6. The summed E-state index contributed by atoms with van der Waals surface area (Å²) in [4.78, 5) is 2.45. The summed E-state index contributed by atoms with van der Waals surface area (Å²) in [7, 11) is 0. The second-order valence-corrected chi connectivity index (χ2v) is 16.3. The van der Waals surface area contributed by atoms with Crippen LogP contribution in [0.3, 0.4) is 0 Å². The van der Waals surface area contributed by atoms with Gasteiger partial charge in [-0.2, -0.15) is 0 Å².